The molecule has 0 bridgehead atoms. The predicted octanol–water partition coefficient (Wildman–Crippen LogP) is -0.303. The summed E-state index contributed by atoms with van der Waals surface area (Å²) in [5.41, 5.74) is 0. The van der Waals surface area contributed by atoms with E-state index < -0.39 is 0 Å². The lowest BCUT2D eigenvalue weighted by atomic mass is 10.2. The van der Waals surface area contributed by atoms with Crippen LogP contribution in [-0.2, 0) is 14.3 Å². The van der Waals surface area contributed by atoms with Crippen LogP contribution in [0.1, 0.15) is 6.42 Å². The van der Waals surface area contributed by atoms with Gasteiger partial charge in [-0.1, -0.05) is 9.39 Å². The summed E-state index contributed by atoms with van der Waals surface area (Å²) in [6, 6.07) is -0.252. The summed E-state index contributed by atoms with van der Waals surface area (Å²) in [6.07, 6.45) is 0.933. The number of carbonyl (C=O) groups excluding carboxylic acids is 1. The minimum absolute atomic E-state index is 0.240. The van der Waals surface area contributed by atoms with E-state index >= 15 is 0 Å². The first-order valence-electron chi connectivity index (χ1n) is 3.43. The van der Waals surface area contributed by atoms with Crippen LogP contribution >= 0.6 is 9.39 Å². The van der Waals surface area contributed by atoms with E-state index in [-0.39, 0.29) is 18.1 Å². The third-order valence-corrected chi connectivity index (χ3v) is 1.99. The molecule has 0 aromatic heterocycles. The molecule has 1 rings (SSSR count). The monoisotopic (exact) mass is 177 g/mol. The van der Waals surface area contributed by atoms with E-state index in [0.717, 1.165) is 6.61 Å². The second-order valence-electron chi connectivity index (χ2n) is 2.43. The van der Waals surface area contributed by atoms with Crippen LogP contribution in [0.5, 0.6) is 0 Å². The van der Waals surface area contributed by atoms with Crippen molar-refractivity contribution in [2.24, 2.45) is 0 Å². The van der Waals surface area contributed by atoms with E-state index in [1.54, 1.807) is 0 Å². The van der Waals surface area contributed by atoms with E-state index in [1.807, 2.05) is 0 Å². The highest BCUT2D eigenvalue weighted by molar-refractivity contribution is 7.13. The van der Waals surface area contributed by atoms with Gasteiger partial charge < -0.3 is 9.47 Å². The molecule has 1 saturated heterocycles. The fourth-order valence-corrected chi connectivity index (χ4v) is 1.11. The van der Waals surface area contributed by atoms with Gasteiger partial charge in [-0.25, -0.2) is 0 Å². The minimum Gasteiger partial charge on any atom is -0.468 e. The van der Waals surface area contributed by atoms with Gasteiger partial charge in [0, 0.05) is 6.42 Å². The van der Waals surface area contributed by atoms with E-state index in [0.29, 0.717) is 6.42 Å². The first-order valence-corrected chi connectivity index (χ1v) is 4.01. The van der Waals surface area contributed by atoms with Crippen molar-refractivity contribution in [1.82, 2.24) is 5.09 Å². The number of rotatable bonds is 4. The lowest BCUT2D eigenvalue weighted by molar-refractivity contribution is -0.142. The molecule has 1 N–H and O–H groups in total. The van der Waals surface area contributed by atoms with E-state index in [1.165, 1.54) is 7.11 Å². The maximum Gasteiger partial charge on any atom is 0.323 e. The van der Waals surface area contributed by atoms with Gasteiger partial charge in [0.05, 0.1) is 19.8 Å². The number of carbonyl (C=O) groups is 1. The minimum atomic E-state index is -0.252. The number of nitrogens with one attached hydrogen (secondary N) is 1. The fourth-order valence-electron chi connectivity index (χ4n) is 0.842. The van der Waals surface area contributed by atoms with Gasteiger partial charge in [0.15, 0.2) is 0 Å². The molecular weight excluding hydrogens is 165 g/mol. The maximum atomic E-state index is 11.0. The Labute approximate surface area is 67.9 Å². The molecule has 0 amide bonds. The number of hydrogen-bond donors (Lipinski definition) is 1. The van der Waals surface area contributed by atoms with Crippen LogP contribution in [0.15, 0.2) is 0 Å². The van der Waals surface area contributed by atoms with Crippen molar-refractivity contribution >= 4 is 15.4 Å². The zero-order chi connectivity index (χ0) is 8.27. The van der Waals surface area contributed by atoms with Crippen molar-refractivity contribution in [3.63, 3.8) is 0 Å². The van der Waals surface area contributed by atoms with Gasteiger partial charge in [0.25, 0.3) is 0 Å². The molecular formula is C6H12NO3P. The van der Waals surface area contributed by atoms with Gasteiger partial charge in [0.2, 0.25) is 0 Å². The Bertz CT molecular complexity index is 149. The smallest absolute Gasteiger partial charge is 0.323 e. The molecule has 64 valence electrons. The lowest BCUT2D eigenvalue weighted by Gasteiger charge is -2.10. The largest absolute Gasteiger partial charge is 0.468 e. The Kier molecular flexibility index (Phi) is 3.24. The Morgan fingerprint density at radius 3 is 3.00 bits per heavy atom. The number of methoxy groups -OCH3 is 1. The highest BCUT2D eigenvalue weighted by Gasteiger charge is 2.29. The average molecular weight is 177 g/mol. The number of ether oxygens (including phenoxy) is 2. The van der Waals surface area contributed by atoms with Crippen LogP contribution in [-0.4, -0.2) is 31.8 Å². The molecule has 1 aliphatic heterocycles. The summed E-state index contributed by atoms with van der Waals surface area (Å²) in [4.78, 5) is 11.0. The molecule has 1 fully saturated rings. The second-order valence-corrected chi connectivity index (χ2v) is 2.77. The number of esters is 1. The lowest BCUT2D eigenvalue weighted by Crippen LogP contribution is -2.32. The van der Waals surface area contributed by atoms with Crippen molar-refractivity contribution < 1.29 is 14.3 Å². The molecule has 0 saturated carbocycles. The number of epoxide rings is 1. The first-order chi connectivity index (χ1) is 5.27. The SMILES string of the molecule is COC(=O)C(CC1CO1)NP. The molecule has 0 radical (unpaired) electrons. The van der Waals surface area contributed by atoms with Gasteiger partial charge in [-0.15, -0.1) is 0 Å². The van der Waals surface area contributed by atoms with Crippen LogP contribution in [0.2, 0.25) is 0 Å². The molecule has 1 heterocycles. The Morgan fingerprint density at radius 1 is 2.00 bits per heavy atom. The highest BCUT2D eigenvalue weighted by Crippen LogP contribution is 2.16. The van der Waals surface area contributed by atoms with Crippen LogP contribution in [0.25, 0.3) is 0 Å². The van der Waals surface area contributed by atoms with Gasteiger partial charge in [-0.3, -0.25) is 9.88 Å². The summed E-state index contributed by atoms with van der Waals surface area (Å²) in [6.45, 7) is 0.764. The van der Waals surface area contributed by atoms with Crippen molar-refractivity contribution in [1.29, 1.82) is 0 Å². The van der Waals surface area contributed by atoms with Gasteiger partial charge in [-0.2, -0.15) is 0 Å². The standard InChI is InChI=1S/C6H12NO3P/c1-9-6(8)5(7-11)2-4-3-10-4/h4-5,7H,2-3,11H2,1H3. The van der Waals surface area contributed by atoms with Crippen molar-refractivity contribution in [3.05, 3.63) is 0 Å². The Hall–Kier alpha value is -0.180. The molecule has 0 aromatic rings. The second kappa shape index (κ2) is 4.00. The number of hydrogen-bond acceptors (Lipinski definition) is 4. The molecule has 1 aliphatic rings. The fraction of sp³-hybridized carbons (Fsp3) is 0.833. The Morgan fingerprint density at radius 2 is 2.64 bits per heavy atom. The van der Waals surface area contributed by atoms with E-state index in [4.69, 9.17) is 4.74 Å². The molecule has 4 nitrogen and oxygen atoms in total. The molecule has 0 aromatic carbocycles. The van der Waals surface area contributed by atoms with Gasteiger partial charge in [0.1, 0.15) is 6.04 Å². The van der Waals surface area contributed by atoms with Gasteiger partial charge in [-0.05, 0) is 0 Å². The summed E-state index contributed by atoms with van der Waals surface area (Å²) in [5.74, 6) is -0.240. The summed E-state index contributed by atoms with van der Waals surface area (Å²) in [7, 11) is 3.68. The predicted molar refractivity (Wildman–Crippen MR) is 43.0 cm³/mol. The zero-order valence-corrected chi connectivity index (χ0v) is 7.53. The van der Waals surface area contributed by atoms with Crippen molar-refractivity contribution in [3.8, 4) is 0 Å². The summed E-state index contributed by atoms with van der Waals surface area (Å²) >= 11 is 0. The third-order valence-electron chi connectivity index (χ3n) is 1.59. The highest BCUT2D eigenvalue weighted by atomic mass is 31.0. The normalized spacial score (nSPS) is 24.4. The van der Waals surface area contributed by atoms with Gasteiger partial charge >= 0.3 is 5.97 Å². The van der Waals surface area contributed by atoms with Crippen LogP contribution < -0.4 is 5.09 Å². The molecule has 3 unspecified atom stereocenters. The quantitative estimate of drug-likeness (QED) is 0.364. The van der Waals surface area contributed by atoms with Crippen molar-refractivity contribution in [2.45, 2.75) is 18.6 Å². The van der Waals surface area contributed by atoms with Crippen LogP contribution in [0, 0.1) is 0 Å². The van der Waals surface area contributed by atoms with Crippen LogP contribution in [0.4, 0.5) is 0 Å². The molecule has 3 atom stereocenters. The molecule has 0 aliphatic carbocycles. The van der Waals surface area contributed by atoms with E-state index in [9.17, 15) is 4.79 Å². The first kappa shape index (κ1) is 8.91. The third kappa shape index (κ3) is 2.73. The average Bonchev–Trinajstić information content (AvgIpc) is 2.82. The summed E-state index contributed by atoms with van der Waals surface area (Å²) in [5, 5.41) is 2.79. The zero-order valence-electron chi connectivity index (χ0n) is 6.37. The Balaban J connectivity index is 2.27. The topological polar surface area (TPSA) is 50.9 Å². The van der Waals surface area contributed by atoms with E-state index in [2.05, 4.69) is 19.2 Å². The van der Waals surface area contributed by atoms with Crippen LogP contribution in [0.3, 0.4) is 0 Å². The van der Waals surface area contributed by atoms with Crippen molar-refractivity contribution in [2.75, 3.05) is 13.7 Å². The molecule has 5 heteroatoms. The molecule has 11 heavy (non-hydrogen) atoms. The molecule has 0 spiro atoms. The maximum absolute atomic E-state index is 11.0. The summed E-state index contributed by atoms with van der Waals surface area (Å²) < 4.78 is 9.54.